The van der Waals surface area contributed by atoms with Gasteiger partial charge < -0.3 is 14.9 Å². The average Bonchev–Trinajstić information content (AvgIpc) is 2.50. The van der Waals surface area contributed by atoms with Gasteiger partial charge in [-0.1, -0.05) is 32.4 Å². The summed E-state index contributed by atoms with van der Waals surface area (Å²) in [4.78, 5) is 12.0. The third kappa shape index (κ3) is 3.10. The number of aromatic hydroxyl groups is 2. The molecule has 0 bridgehead atoms. The molecule has 0 saturated heterocycles. The lowest BCUT2D eigenvalue weighted by atomic mass is 10.0. The van der Waals surface area contributed by atoms with Crippen LogP contribution >= 0.6 is 0 Å². The molecule has 0 radical (unpaired) electrons. The van der Waals surface area contributed by atoms with E-state index in [0.29, 0.717) is 17.4 Å². The Balaban J connectivity index is 2.42. The number of unbranched alkanes of at least 4 members (excludes halogenated alkanes) is 1. The molecule has 0 aliphatic carbocycles. The molecule has 0 saturated carbocycles. The SMILES string of the molecule is CCCCOC(=O)c1cc(O)c2cc(CC)ccc2c1O. The number of hydrogen-bond acceptors (Lipinski definition) is 4. The Morgan fingerprint density at radius 2 is 1.90 bits per heavy atom. The molecule has 0 amide bonds. The summed E-state index contributed by atoms with van der Waals surface area (Å²) in [5.41, 5.74) is 1.05. The van der Waals surface area contributed by atoms with Gasteiger partial charge in [-0.15, -0.1) is 0 Å². The molecular formula is C17H20O4. The minimum Gasteiger partial charge on any atom is -0.507 e. The second-order valence-electron chi connectivity index (χ2n) is 5.01. The summed E-state index contributed by atoms with van der Waals surface area (Å²) in [7, 11) is 0. The first-order valence-electron chi connectivity index (χ1n) is 7.23. The van der Waals surface area contributed by atoms with Crippen molar-refractivity contribution in [1.29, 1.82) is 0 Å². The zero-order valence-electron chi connectivity index (χ0n) is 12.3. The fourth-order valence-corrected chi connectivity index (χ4v) is 2.20. The van der Waals surface area contributed by atoms with Gasteiger partial charge in [-0.3, -0.25) is 0 Å². The monoisotopic (exact) mass is 288 g/mol. The Morgan fingerprint density at radius 1 is 1.14 bits per heavy atom. The Hall–Kier alpha value is -2.23. The number of carbonyl (C=O) groups is 1. The number of ether oxygens (including phenoxy) is 1. The Morgan fingerprint density at radius 3 is 2.57 bits per heavy atom. The summed E-state index contributed by atoms with van der Waals surface area (Å²) in [5.74, 6) is -0.787. The first kappa shape index (κ1) is 15.2. The van der Waals surface area contributed by atoms with Gasteiger partial charge in [-0.2, -0.15) is 0 Å². The molecule has 0 heterocycles. The first-order chi connectivity index (χ1) is 10.1. The van der Waals surface area contributed by atoms with E-state index in [9.17, 15) is 15.0 Å². The molecule has 0 aliphatic rings. The Kier molecular flexibility index (Phi) is 4.68. The van der Waals surface area contributed by atoms with Crippen LogP contribution in [0.1, 0.15) is 42.6 Å². The van der Waals surface area contributed by atoms with Crippen LogP contribution in [0.4, 0.5) is 0 Å². The molecule has 0 aromatic heterocycles. The summed E-state index contributed by atoms with van der Waals surface area (Å²) in [5, 5.41) is 21.3. The second kappa shape index (κ2) is 6.48. The average molecular weight is 288 g/mol. The van der Waals surface area contributed by atoms with Crippen LogP contribution < -0.4 is 0 Å². The van der Waals surface area contributed by atoms with Crippen LogP contribution in [0.25, 0.3) is 10.8 Å². The van der Waals surface area contributed by atoms with Crippen LogP contribution in [0.2, 0.25) is 0 Å². The van der Waals surface area contributed by atoms with E-state index in [0.717, 1.165) is 24.8 Å². The normalized spacial score (nSPS) is 10.8. The van der Waals surface area contributed by atoms with Gasteiger partial charge in [-0.05, 0) is 30.5 Å². The molecule has 0 unspecified atom stereocenters. The second-order valence-corrected chi connectivity index (χ2v) is 5.01. The molecule has 0 atom stereocenters. The lowest BCUT2D eigenvalue weighted by Gasteiger charge is -2.11. The lowest BCUT2D eigenvalue weighted by molar-refractivity contribution is 0.0496. The zero-order chi connectivity index (χ0) is 15.4. The minimum atomic E-state index is -0.613. The van der Waals surface area contributed by atoms with Crippen molar-refractivity contribution < 1.29 is 19.7 Å². The molecule has 2 aromatic carbocycles. The van der Waals surface area contributed by atoms with Gasteiger partial charge in [0.05, 0.1) is 6.61 Å². The van der Waals surface area contributed by atoms with E-state index in [1.807, 2.05) is 26.0 Å². The number of hydrogen-bond donors (Lipinski definition) is 2. The molecule has 4 heteroatoms. The fourth-order valence-electron chi connectivity index (χ4n) is 2.20. The maximum atomic E-state index is 12.0. The smallest absolute Gasteiger partial charge is 0.342 e. The molecule has 2 rings (SSSR count). The predicted molar refractivity (Wildman–Crippen MR) is 81.8 cm³/mol. The van der Waals surface area contributed by atoms with Crippen LogP contribution in [0.5, 0.6) is 11.5 Å². The zero-order valence-corrected chi connectivity index (χ0v) is 12.3. The maximum absolute atomic E-state index is 12.0. The Labute approximate surface area is 124 Å². The number of esters is 1. The van der Waals surface area contributed by atoms with E-state index in [4.69, 9.17) is 4.74 Å². The number of phenolic OH excluding ortho intramolecular Hbond substituents is 2. The van der Waals surface area contributed by atoms with E-state index in [1.165, 1.54) is 6.07 Å². The number of phenols is 2. The van der Waals surface area contributed by atoms with Crippen LogP contribution in [0.15, 0.2) is 24.3 Å². The molecule has 2 aromatic rings. The molecule has 0 aliphatic heterocycles. The summed E-state index contributed by atoms with van der Waals surface area (Å²) in [6, 6.07) is 6.67. The van der Waals surface area contributed by atoms with Crippen LogP contribution in [0, 0.1) is 0 Å². The van der Waals surface area contributed by atoms with Gasteiger partial charge in [0.25, 0.3) is 0 Å². The van der Waals surface area contributed by atoms with Crippen molar-refractivity contribution in [1.82, 2.24) is 0 Å². The largest absolute Gasteiger partial charge is 0.507 e. The fraction of sp³-hybridized carbons (Fsp3) is 0.353. The van der Waals surface area contributed by atoms with E-state index in [1.54, 1.807) is 6.07 Å². The van der Waals surface area contributed by atoms with Crippen LogP contribution in [0.3, 0.4) is 0 Å². The van der Waals surface area contributed by atoms with E-state index < -0.39 is 5.97 Å². The van der Waals surface area contributed by atoms with E-state index in [-0.39, 0.29) is 17.1 Å². The number of fused-ring (bicyclic) bond motifs is 1. The third-order valence-corrected chi connectivity index (χ3v) is 3.51. The maximum Gasteiger partial charge on any atom is 0.342 e. The third-order valence-electron chi connectivity index (χ3n) is 3.51. The van der Waals surface area contributed by atoms with Crippen molar-refractivity contribution in [3.05, 3.63) is 35.4 Å². The highest BCUT2D eigenvalue weighted by Gasteiger charge is 2.18. The van der Waals surface area contributed by atoms with Crippen LogP contribution in [-0.2, 0) is 11.2 Å². The van der Waals surface area contributed by atoms with Crippen molar-refractivity contribution in [2.45, 2.75) is 33.1 Å². The highest BCUT2D eigenvalue weighted by atomic mass is 16.5. The summed E-state index contributed by atoms with van der Waals surface area (Å²) in [6.07, 6.45) is 2.52. The van der Waals surface area contributed by atoms with E-state index >= 15 is 0 Å². The molecular weight excluding hydrogens is 268 g/mol. The molecule has 112 valence electrons. The van der Waals surface area contributed by atoms with Gasteiger partial charge in [0.15, 0.2) is 0 Å². The van der Waals surface area contributed by atoms with Crippen molar-refractivity contribution in [3.63, 3.8) is 0 Å². The van der Waals surface area contributed by atoms with Gasteiger partial charge in [0.2, 0.25) is 0 Å². The highest BCUT2D eigenvalue weighted by molar-refractivity contribution is 6.03. The standard InChI is InChI=1S/C17H20O4/c1-3-5-8-21-17(20)14-10-15(18)13-9-11(4-2)6-7-12(13)16(14)19/h6-7,9-10,18-19H,3-5,8H2,1-2H3. The first-order valence-corrected chi connectivity index (χ1v) is 7.23. The number of carbonyl (C=O) groups excluding carboxylic acids is 1. The predicted octanol–water partition coefficient (Wildman–Crippen LogP) is 3.77. The molecule has 2 N–H and O–H groups in total. The number of aryl methyl sites for hydroxylation is 1. The highest BCUT2D eigenvalue weighted by Crippen LogP contribution is 2.36. The summed E-state index contributed by atoms with van der Waals surface area (Å²) >= 11 is 0. The van der Waals surface area contributed by atoms with Crippen molar-refractivity contribution in [2.24, 2.45) is 0 Å². The summed E-state index contributed by atoms with van der Waals surface area (Å²) < 4.78 is 5.09. The Bertz CT molecular complexity index is 661. The summed E-state index contributed by atoms with van der Waals surface area (Å²) in [6.45, 7) is 4.32. The quantitative estimate of drug-likeness (QED) is 0.499. The number of rotatable bonds is 5. The minimum absolute atomic E-state index is 0.000325. The van der Waals surface area contributed by atoms with Gasteiger partial charge >= 0.3 is 5.97 Å². The molecule has 21 heavy (non-hydrogen) atoms. The molecule has 0 fully saturated rings. The van der Waals surface area contributed by atoms with Crippen LogP contribution in [-0.4, -0.2) is 22.8 Å². The lowest BCUT2D eigenvalue weighted by Crippen LogP contribution is -2.06. The van der Waals surface area contributed by atoms with Gasteiger partial charge in [-0.25, -0.2) is 4.79 Å². The molecule has 4 nitrogen and oxygen atoms in total. The van der Waals surface area contributed by atoms with Crippen molar-refractivity contribution in [2.75, 3.05) is 6.61 Å². The van der Waals surface area contributed by atoms with Crippen molar-refractivity contribution >= 4 is 16.7 Å². The molecule has 0 spiro atoms. The van der Waals surface area contributed by atoms with Crippen molar-refractivity contribution in [3.8, 4) is 11.5 Å². The number of benzene rings is 2. The van der Waals surface area contributed by atoms with E-state index in [2.05, 4.69) is 0 Å². The van der Waals surface area contributed by atoms with Gasteiger partial charge in [0.1, 0.15) is 17.1 Å². The topological polar surface area (TPSA) is 66.8 Å². The van der Waals surface area contributed by atoms with Gasteiger partial charge in [0, 0.05) is 10.8 Å².